The van der Waals surface area contributed by atoms with Crippen LogP contribution in [0.3, 0.4) is 0 Å². The Bertz CT molecular complexity index is 399. The summed E-state index contributed by atoms with van der Waals surface area (Å²) in [5, 5.41) is 0. The minimum absolute atomic E-state index is 0.155. The molecule has 1 unspecified atom stereocenters. The lowest BCUT2D eigenvalue weighted by atomic mass is 10.0. The van der Waals surface area contributed by atoms with Crippen LogP contribution in [0.2, 0.25) is 0 Å². The molecule has 0 aliphatic heterocycles. The van der Waals surface area contributed by atoms with E-state index in [2.05, 4.69) is 27.7 Å². The van der Waals surface area contributed by atoms with Gasteiger partial charge in [0.1, 0.15) is 6.04 Å². The summed E-state index contributed by atoms with van der Waals surface area (Å²) < 4.78 is 5.00. The molecule has 0 radical (unpaired) electrons. The highest BCUT2D eigenvalue weighted by molar-refractivity contribution is 5.77. The number of esters is 1. The average molecular weight is 280 g/mol. The van der Waals surface area contributed by atoms with E-state index in [1.807, 2.05) is 0 Å². The summed E-state index contributed by atoms with van der Waals surface area (Å²) in [6.07, 6.45) is -0.155. The van der Waals surface area contributed by atoms with Crippen molar-refractivity contribution in [1.29, 1.82) is 0 Å². The van der Waals surface area contributed by atoms with Crippen LogP contribution >= 0.6 is 0 Å². The third-order valence-electron chi connectivity index (χ3n) is 1.90. The topological polar surface area (TPSA) is 78.3 Å². The maximum Gasteiger partial charge on any atom is 0.327 e. The van der Waals surface area contributed by atoms with Crippen LogP contribution in [0.1, 0.15) is 53.1 Å². The van der Waals surface area contributed by atoms with Gasteiger partial charge in [-0.05, 0) is 37.0 Å². The van der Waals surface area contributed by atoms with E-state index in [0.717, 1.165) is 0 Å². The van der Waals surface area contributed by atoms with Crippen LogP contribution in [0.15, 0.2) is 24.3 Å². The number of benzene rings is 1. The van der Waals surface area contributed by atoms with Gasteiger partial charge < -0.3 is 16.2 Å². The summed E-state index contributed by atoms with van der Waals surface area (Å²) in [6, 6.07) is 6.12. The van der Waals surface area contributed by atoms with Crippen LogP contribution < -0.4 is 11.5 Å². The van der Waals surface area contributed by atoms with Crippen molar-refractivity contribution in [2.45, 2.75) is 53.7 Å². The van der Waals surface area contributed by atoms with Gasteiger partial charge >= 0.3 is 5.97 Å². The van der Waals surface area contributed by atoms with E-state index in [1.54, 1.807) is 38.1 Å². The van der Waals surface area contributed by atoms with Gasteiger partial charge in [-0.3, -0.25) is 0 Å². The zero-order chi connectivity index (χ0) is 15.9. The van der Waals surface area contributed by atoms with Crippen LogP contribution in [0, 0.1) is 5.41 Å². The van der Waals surface area contributed by atoms with Crippen molar-refractivity contribution in [3.63, 3.8) is 0 Å². The van der Waals surface area contributed by atoms with Gasteiger partial charge in [0, 0.05) is 5.69 Å². The Kier molecular flexibility index (Phi) is 7.29. The highest BCUT2D eigenvalue weighted by Gasteiger charge is 2.17. The Balaban J connectivity index is 0.000000621. The molecule has 20 heavy (non-hydrogen) atoms. The molecule has 0 spiro atoms. The van der Waals surface area contributed by atoms with Gasteiger partial charge in [-0.15, -0.1) is 0 Å². The van der Waals surface area contributed by atoms with Gasteiger partial charge in [-0.1, -0.05) is 39.8 Å². The zero-order valence-corrected chi connectivity index (χ0v) is 13.4. The van der Waals surface area contributed by atoms with Crippen molar-refractivity contribution in [3.05, 3.63) is 29.8 Å². The van der Waals surface area contributed by atoms with E-state index in [1.165, 1.54) is 0 Å². The summed E-state index contributed by atoms with van der Waals surface area (Å²) in [5.74, 6) is -0.422. The summed E-state index contributed by atoms with van der Waals surface area (Å²) in [5.41, 5.74) is 13.1. The molecule has 1 rings (SSSR count). The summed E-state index contributed by atoms with van der Waals surface area (Å²) in [7, 11) is 0. The first-order valence-electron chi connectivity index (χ1n) is 6.82. The maximum absolute atomic E-state index is 11.5. The van der Waals surface area contributed by atoms with Crippen LogP contribution in [0.4, 0.5) is 5.69 Å². The lowest BCUT2D eigenvalue weighted by molar-refractivity contribution is -0.149. The molecule has 0 aliphatic rings. The summed E-state index contributed by atoms with van der Waals surface area (Å²) in [4.78, 5) is 11.5. The smallest absolute Gasteiger partial charge is 0.327 e. The first kappa shape index (κ1) is 18.4. The number of carbonyl (C=O) groups is 1. The molecular formula is C16H28N2O2. The number of carbonyl (C=O) groups excluding carboxylic acids is 1. The normalized spacial score (nSPS) is 12.4. The molecule has 0 aromatic heterocycles. The van der Waals surface area contributed by atoms with E-state index in [4.69, 9.17) is 16.2 Å². The SMILES string of the molecule is CC(C)(C)C.CC(C)OC(=O)C(N)c1ccc(N)cc1. The molecule has 0 amide bonds. The number of nitrogens with two attached hydrogens (primary N) is 2. The van der Waals surface area contributed by atoms with Crippen LogP contribution in [-0.4, -0.2) is 12.1 Å². The molecule has 0 fully saturated rings. The molecule has 4 nitrogen and oxygen atoms in total. The van der Waals surface area contributed by atoms with Crippen molar-refractivity contribution in [2.24, 2.45) is 11.1 Å². The third-order valence-corrected chi connectivity index (χ3v) is 1.90. The molecule has 1 aromatic carbocycles. The van der Waals surface area contributed by atoms with Gasteiger partial charge in [0.05, 0.1) is 6.10 Å². The highest BCUT2D eigenvalue weighted by atomic mass is 16.5. The second kappa shape index (κ2) is 7.90. The molecule has 0 aliphatic carbocycles. The fourth-order valence-corrected chi connectivity index (χ4v) is 1.15. The van der Waals surface area contributed by atoms with Crippen molar-refractivity contribution in [2.75, 3.05) is 5.73 Å². The van der Waals surface area contributed by atoms with Crippen LogP contribution in [-0.2, 0) is 9.53 Å². The molecule has 0 saturated carbocycles. The lowest BCUT2D eigenvalue weighted by Crippen LogP contribution is -2.26. The predicted octanol–water partition coefficient (Wildman–Crippen LogP) is 3.27. The van der Waals surface area contributed by atoms with Crippen molar-refractivity contribution >= 4 is 11.7 Å². The molecule has 0 saturated heterocycles. The van der Waals surface area contributed by atoms with Crippen LogP contribution in [0.5, 0.6) is 0 Å². The summed E-state index contributed by atoms with van der Waals surface area (Å²) in [6.45, 7) is 12.3. The van der Waals surface area contributed by atoms with Crippen molar-refractivity contribution in [1.82, 2.24) is 0 Å². The van der Waals surface area contributed by atoms with Gasteiger partial charge in [-0.2, -0.15) is 0 Å². The van der Waals surface area contributed by atoms with Gasteiger partial charge in [0.2, 0.25) is 0 Å². The second-order valence-electron chi connectivity index (χ2n) is 6.63. The maximum atomic E-state index is 11.5. The van der Waals surface area contributed by atoms with Crippen LogP contribution in [0.25, 0.3) is 0 Å². The fourth-order valence-electron chi connectivity index (χ4n) is 1.15. The highest BCUT2D eigenvalue weighted by Crippen LogP contribution is 2.14. The van der Waals surface area contributed by atoms with E-state index in [9.17, 15) is 4.79 Å². The molecule has 4 heteroatoms. The average Bonchev–Trinajstić information content (AvgIpc) is 2.26. The molecule has 4 N–H and O–H groups in total. The summed E-state index contributed by atoms with van der Waals surface area (Å²) >= 11 is 0. The quantitative estimate of drug-likeness (QED) is 0.658. The minimum atomic E-state index is -0.743. The van der Waals surface area contributed by atoms with Gasteiger partial charge in [-0.25, -0.2) is 4.79 Å². The van der Waals surface area contributed by atoms with Crippen molar-refractivity contribution < 1.29 is 9.53 Å². The molecule has 1 aromatic rings. The molecule has 1 atom stereocenters. The van der Waals surface area contributed by atoms with Gasteiger partial charge in [0.25, 0.3) is 0 Å². The number of hydrogen-bond donors (Lipinski definition) is 2. The standard InChI is InChI=1S/C11H16N2O2.C5H12/c1-7(2)15-11(14)10(13)8-3-5-9(12)6-4-8;1-5(2,3)4/h3-7,10H,12-13H2,1-2H3;1-4H3. The number of hydrogen-bond acceptors (Lipinski definition) is 4. The predicted molar refractivity (Wildman–Crippen MR) is 84.1 cm³/mol. The van der Waals surface area contributed by atoms with E-state index in [0.29, 0.717) is 16.7 Å². The van der Waals surface area contributed by atoms with E-state index >= 15 is 0 Å². The monoisotopic (exact) mass is 280 g/mol. The number of rotatable bonds is 3. The van der Waals surface area contributed by atoms with Gasteiger partial charge in [0.15, 0.2) is 0 Å². The number of ether oxygens (including phenoxy) is 1. The Morgan fingerprint density at radius 1 is 1.10 bits per heavy atom. The number of nitrogen functional groups attached to an aromatic ring is 1. The van der Waals surface area contributed by atoms with Crippen molar-refractivity contribution in [3.8, 4) is 0 Å². The van der Waals surface area contributed by atoms with E-state index in [-0.39, 0.29) is 6.10 Å². The Hall–Kier alpha value is -1.55. The third kappa shape index (κ3) is 9.39. The van der Waals surface area contributed by atoms with E-state index < -0.39 is 12.0 Å². The largest absolute Gasteiger partial charge is 0.462 e. The lowest BCUT2D eigenvalue weighted by Gasteiger charge is -2.14. The zero-order valence-electron chi connectivity index (χ0n) is 13.4. The molecule has 0 heterocycles. The molecular weight excluding hydrogens is 252 g/mol. The Labute approximate surface area is 122 Å². The Morgan fingerprint density at radius 3 is 1.85 bits per heavy atom. The first-order chi connectivity index (χ1) is 9.00. The second-order valence-corrected chi connectivity index (χ2v) is 6.63. The Morgan fingerprint density at radius 2 is 1.50 bits per heavy atom. The molecule has 0 bridgehead atoms. The minimum Gasteiger partial charge on any atom is -0.462 e. The fraction of sp³-hybridized carbons (Fsp3) is 0.562. The first-order valence-corrected chi connectivity index (χ1v) is 6.82. The molecule has 114 valence electrons. The number of anilines is 1.